The first-order valence-electron chi connectivity index (χ1n) is 8.82. The molecule has 1 fully saturated rings. The van der Waals surface area contributed by atoms with Crippen LogP contribution in [-0.2, 0) is 11.2 Å². The van der Waals surface area contributed by atoms with Crippen molar-refractivity contribution < 1.29 is 14.7 Å². The van der Waals surface area contributed by atoms with Crippen LogP contribution in [0.4, 0.5) is 0 Å². The molecule has 1 saturated carbocycles. The molecule has 0 bridgehead atoms. The standard InChI is InChI=1S/C19H21N3O3/c23-18(16-9-11-20-22(16)14-6-2-3-7-14)21-12-10-13-5-1-4-8-15(13)17(21)19(24)25/h1,4-5,8-9,11,14,17H,2-3,6-7,10,12H2,(H,24,25). The van der Waals surface area contributed by atoms with Crippen LogP contribution in [-0.4, -0.2) is 38.2 Å². The van der Waals surface area contributed by atoms with E-state index >= 15 is 0 Å². The summed E-state index contributed by atoms with van der Waals surface area (Å²) in [6.45, 7) is 0.405. The number of aromatic nitrogens is 2. The van der Waals surface area contributed by atoms with Crippen molar-refractivity contribution in [2.75, 3.05) is 6.54 Å². The number of amides is 1. The predicted octanol–water partition coefficient (Wildman–Crippen LogP) is 2.82. The molecule has 1 amide bonds. The molecular weight excluding hydrogens is 318 g/mol. The normalized spacial score (nSPS) is 20.5. The third-order valence-electron chi connectivity index (χ3n) is 5.34. The van der Waals surface area contributed by atoms with Crippen LogP contribution in [0.1, 0.15) is 59.4 Å². The zero-order valence-electron chi connectivity index (χ0n) is 14.0. The van der Waals surface area contributed by atoms with Crippen LogP contribution >= 0.6 is 0 Å². The van der Waals surface area contributed by atoms with Gasteiger partial charge in [-0.05, 0) is 36.5 Å². The van der Waals surface area contributed by atoms with Crippen LogP contribution in [0.3, 0.4) is 0 Å². The molecule has 1 unspecified atom stereocenters. The topological polar surface area (TPSA) is 75.4 Å². The molecule has 4 rings (SSSR count). The lowest BCUT2D eigenvalue weighted by Crippen LogP contribution is -2.44. The van der Waals surface area contributed by atoms with Crippen molar-refractivity contribution in [1.82, 2.24) is 14.7 Å². The Morgan fingerprint density at radius 2 is 1.88 bits per heavy atom. The molecule has 0 radical (unpaired) electrons. The van der Waals surface area contributed by atoms with Gasteiger partial charge in [-0.2, -0.15) is 5.10 Å². The van der Waals surface area contributed by atoms with Crippen LogP contribution in [0.15, 0.2) is 36.5 Å². The summed E-state index contributed by atoms with van der Waals surface area (Å²) in [6, 6.07) is 8.49. The molecule has 130 valence electrons. The van der Waals surface area contributed by atoms with Gasteiger partial charge in [0.2, 0.25) is 0 Å². The summed E-state index contributed by atoms with van der Waals surface area (Å²) in [5.74, 6) is -1.24. The average molecular weight is 339 g/mol. The molecule has 2 aliphatic rings. The maximum atomic E-state index is 13.2. The number of hydrogen-bond donors (Lipinski definition) is 1. The van der Waals surface area contributed by atoms with Crippen LogP contribution < -0.4 is 0 Å². The van der Waals surface area contributed by atoms with Crippen LogP contribution in [0.25, 0.3) is 0 Å². The van der Waals surface area contributed by atoms with E-state index in [0.717, 1.165) is 31.2 Å². The van der Waals surface area contributed by atoms with Gasteiger partial charge < -0.3 is 10.0 Å². The number of nitrogens with zero attached hydrogens (tertiary/aromatic N) is 3. The first-order valence-corrected chi connectivity index (χ1v) is 8.82. The van der Waals surface area contributed by atoms with Crippen molar-refractivity contribution >= 4 is 11.9 Å². The van der Waals surface area contributed by atoms with Crippen LogP contribution in [0.5, 0.6) is 0 Å². The number of carboxylic acid groups (broad SMARTS) is 1. The second-order valence-electron chi connectivity index (χ2n) is 6.79. The van der Waals surface area contributed by atoms with Crippen molar-refractivity contribution in [1.29, 1.82) is 0 Å². The van der Waals surface area contributed by atoms with E-state index in [1.165, 1.54) is 4.90 Å². The number of benzene rings is 1. The Balaban J connectivity index is 1.68. The molecule has 1 atom stereocenters. The zero-order chi connectivity index (χ0) is 17.4. The fraction of sp³-hybridized carbons (Fsp3) is 0.421. The van der Waals surface area contributed by atoms with E-state index in [0.29, 0.717) is 24.2 Å². The molecule has 1 aliphatic carbocycles. The lowest BCUT2D eigenvalue weighted by molar-refractivity contribution is -0.143. The highest BCUT2D eigenvalue weighted by atomic mass is 16.4. The van der Waals surface area contributed by atoms with Crippen molar-refractivity contribution in [2.24, 2.45) is 0 Å². The van der Waals surface area contributed by atoms with E-state index in [9.17, 15) is 14.7 Å². The molecule has 0 saturated heterocycles. The summed E-state index contributed by atoms with van der Waals surface area (Å²) in [4.78, 5) is 26.6. The number of fused-ring (bicyclic) bond motifs is 1. The Morgan fingerprint density at radius 3 is 2.64 bits per heavy atom. The van der Waals surface area contributed by atoms with Gasteiger partial charge in [-0.3, -0.25) is 9.48 Å². The molecular formula is C19H21N3O3. The number of carbonyl (C=O) groups excluding carboxylic acids is 1. The Hall–Kier alpha value is -2.63. The van der Waals surface area contributed by atoms with Crippen molar-refractivity contribution in [2.45, 2.75) is 44.2 Å². The highest BCUT2D eigenvalue weighted by Gasteiger charge is 2.37. The summed E-state index contributed by atoms with van der Waals surface area (Å²) < 4.78 is 1.80. The summed E-state index contributed by atoms with van der Waals surface area (Å²) in [6.07, 6.45) is 6.64. The minimum atomic E-state index is -0.993. The maximum absolute atomic E-state index is 13.2. The van der Waals surface area contributed by atoms with E-state index in [4.69, 9.17) is 0 Å². The lowest BCUT2D eigenvalue weighted by Gasteiger charge is -2.35. The van der Waals surface area contributed by atoms with Gasteiger partial charge in [0.05, 0.1) is 6.04 Å². The number of rotatable bonds is 3. The van der Waals surface area contributed by atoms with Gasteiger partial charge in [-0.1, -0.05) is 37.1 Å². The fourth-order valence-corrected chi connectivity index (χ4v) is 4.12. The smallest absolute Gasteiger partial charge is 0.331 e. The molecule has 1 aromatic heterocycles. The van der Waals surface area contributed by atoms with Gasteiger partial charge in [-0.25, -0.2) is 4.79 Å². The summed E-state index contributed by atoms with van der Waals surface area (Å²) in [7, 11) is 0. The molecule has 6 nitrogen and oxygen atoms in total. The Kier molecular flexibility index (Phi) is 4.03. The third kappa shape index (κ3) is 2.71. The minimum Gasteiger partial charge on any atom is -0.479 e. The van der Waals surface area contributed by atoms with Gasteiger partial charge in [-0.15, -0.1) is 0 Å². The summed E-state index contributed by atoms with van der Waals surface area (Å²) in [5, 5.41) is 14.1. The molecule has 1 N–H and O–H groups in total. The molecule has 25 heavy (non-hydrogen) atoms. The highest BCUT2D eigenvalue weighted by Crippen LogP contribution is 2.33. The molecule has 1 aromatic carbocycles. The van der Waals surface area contributed by atoms with Gasteiger partial charge in [0.1, 0.15) is 5.69 Å². The average Bonchev–Trinajstić information content (AvgIpc) is 3.30. The number of carboxylic acids is 1. The highest BCUT2D eigenvalue weighted by molar-refractivity contribution is 5.96. The quantitative estimate of drug-likeness (QED) is 0.933. The van der Waals surface area contributed by atoms with Gasteiger partial charge in [0.15, 0.2) is 6.04 Å². The van der Waals surface area contributed by atoms with Crippen molar-refractivity contribution in [3.05, 3.63) is 53.3 Å². The number of hydrogen-bond acceptors (Lipinski definition) is 3. The Bertz CT molecular complexity index is 808. The van der Waals surface area contributed by atoms with Gasteiger partial charge >= 0.3 is 5.97 Å². The third-order valence-corrected chi connectivity index (χ3v) is 5.34. The molecule has 6 heteroatoms. The largest absolute Gasteiger partial charge is 0.479 e. The first kappa shape index (κ1) is 15.9. The zero-order valence-corrected chi connectivity index (χ0v) is 14.0. The molecule has 0 spiro atoms. The van der Waals surface area contributed by atoms with E-state index in [1.54, 1.807) is 16.9 Å². The Labute approximate surface area is 146 Å². The van der Waals surface area contributed by atoms with Crippen molar-refractivity contribution in [3.63, 3.8) is 0 Å². The second kappa shape index (κ2) is 6.35. The SMILES string of the molecule is O=C(O)C1c2ccccc2CCN1C(=O)c1ccnn1C1CCCC1. The summed E-state index contributed by atoms with van der Waals surface area (Å²) in [5.41, 5.74) is 2.21. The summed E-state index contributed by atoms with van der Waals surface area (Å²) >= 11 is 0. The van der Waals surface area contributed by atoms with E-state index < -0.39 is 12.0 Å². The maximum Gasteiger partial charge on any atom is 0.331 e. The van der Waals surface area contributed by atoms with E-state index in [1.807, 2.05) is 24.3 Å². The lowest BCUT2D eigenvalue weighted by atomic mass is 9.92. The molecule has 1 aliphatic heterocycles. The predicted molar refractivity (Wildman–Crippen MR) is 91.3 cm³/mol. The number of carbonyl (C=O) groups is 2. The molecule has 2 aromatic rings. The molecule has 2 heterocycles. The first-order chi connectivity index (χ1) is 12.2. The van der Waals surface area contributed by atoms with Crippen LogP contribution in [0, 0.1) is 0 Å². The van der Waals surface area contributed by atoms with Gasteiger partial charge in [0.25, 0.3) is 5.91 Å². The second-order valence-corrected chi connectivity index (χ2v) is 6.79. The fourth-order valence-electron chi connectivity index (χ4n) is 4.12. The van der Waals surface area contributed by atoms with E-state index in [-0.39, 0.29) is 11.9 Å². The number of aliphatic carboxylic acids is 1. The monoisotopic (exact) mass is 339 g/mol. The van der Waals surface area contributed by atoms with Gasteiger partial charge in [0, 0.05) is 12.7 Å². The van der Waals surface area contributed by atoms with E-state index in [2.05, 4.69) is 5.10 Å². The Morgan fingerprint density at radius 1 is 1.12 bits per heavy atom. The van der Waals surface area contributed by atoms with Crippen molar-refractivity contribution in [3.8, 4) is 0 Å². The van der Waals surface area contributed by atoms with Crippen LogP contribution in [0.2, 0.25) is 0 Å². The minimum absolute atomic E-state index is 0.244.